The van der Waals surface area contributed by atoms with Crippen molar-refractivity contribution in [2.75, 3.05) is 12.4 Å². The zero-order chi connectivity index (χ0) is 19.1. The van der Waals surface area contributed by atoms with Crippen LogP contribution in [-0.2, 0) is 6.42 Å². The number of ether oxygens (including phenoxy) is 1. The standard InChI is InChI=1S/C19H17N3O4S/c23-18-13-15(12-14-4-2-1-3-5-14)20-19(21-18)27-11-10-26-17-8-6-16(7-9-17)22(24)25/h1-9,13H,10-12H2,(H,20,21,23). The van der Waals surface area contributed by atoms with Crippen molar-refractivity contribution in [3.05, 3.63) is 92.4 Å². The van der Waals surface area contributed by atoms with Crippen LogP contribution >= 0.6 is 11.8 Å². The van der Waals surface area contributed by atoms with Crippen molar-refractivity contribution >= 4 is 17.4 Å². The number of H-pyrrole nitrogens is 1. The molecule has 0 aliphatic carbocycles. The van der Waals surface area contributed by atoms with Crippen LogP contribution in [0.5, 0.6) is 5.75 Å². The first-order chi connectivity index (χ1) is 13.1. The number of nitrogens with one attached hydrogen (secondary N) is 1. The molecule has 0 aliphatic rings. The summed E-state index contributed by atoms with van der Waals surface area (Å²) in [5.74, 6) is 1.13. The molecule has 1 aromatic heterocycles. The van der Waals surface area contributed by atoms with Crippen molar-refractivity contribution in [3.8, 4) is 5.75 Å². The minimum Gasteiger partial charge on any atom is -0.493 e. The van der Waals surface area contributed by atoms with Gasteiger partial charge in [-0.3, -0.25) is 14.9 Å². The Morgan fingerprint density at radius 1 is 1.11 bits per heavy atom. The van der Waals surface area contributed by atoms with Crippen LogP contribution in [0.25, 0.3) is 0 Å². The molecule has 3 aromatic rings. The fourth-order valence-electron chi connectivity index (χ4n) is 2.41. The highest BCUT2D eigenvalue weighted by atomic mass is 32.2. The van der Waals surface area contributed by atoms with E-state index in [1.54, 1.807) is 12.1 Å². The van der Waals surface area contributed by atoms with Gasteiger partial charge in [-0.15, -0.1) is 0 Å². The molecule has 0 aliphatic heterocycles. The molecule has 1 N–H and O–H groups in total. The van der Waals surface area contributed by atoms with E-state index in [0.717, 1.165) is 5.56 Å². The third-order valence-electron chi connectivity index (χ3n) is 3.64. The van der Waals surface area contributed by atoms with Gasteiger partial charge in [0.15, 0.2) is 5.16 Å². The van der Waals surface area contributed by atoms with Crippen molar-refractivity contribution in [2.24, 2.45) is 0 Å². The molecular weight excluding hydrogens is 366 g/mol. The predicted molar refractivity (Wildman–Crippen MR) is 103 cm³/mol. The maximum absolute atomic E-state index is 11.8. The summed E-state index contributed by atoms with van der Waals surface area (Å²) >= 11 is 1.39. The summed E-state index contributed by atoms with van der Waals surface area (Å²) in [5.41, 5.74) is 1.64. The molecule has 7 nitrogen and oxygen atoms in total. The molecule has 0 radical (unpaired) electrons. The van der Waals surface area contributed by atoms with E-state index in [1.807, 2.05) is 30.3 Å². The molecule has 0 atom stereocenters. The Kier molecular flexibility index (Phi) is 6.22. The second kappa shape index (κ2) is 9.00. The number of hydrogen-bond acceptors (Lipinski definition) is 6. The molecule has 0 saturated heterocycles. The van der Waals surface area contributed by atoms with Crippen LogP contribution in [-0.4, -0.2) is 27.3 Å². The number of nitro benzene ring substituents is 1. The molecule has 0 spiro atoms. The second-order valence-corrected chi connectivity index (χ2v) is 6.74. The van der Waals surface area contributed by atoms with Gasteiger partial charge < -0.3 is 9.72 Å². The van der Waals surface area contributed by atoms with E-state index >= 15 is 0 Å². The zero-order valence-electron chi connectivity index (χ0n) is 14.3. The fourth-order valence-corrected chi connectivity index (χ4v) is 3.12. The lowest BCUT2D eigenvalue weighted by atomic mass is 10.1. The molecule has 3 rings (SSSR count). The third-order valence-corrected chi connectivity index (χ3v) is 4.48. The Morgan fingerprint density at radius 2 is 1.85 bits per heavy atom. The summed E-state index contributed by atoms with van der Waals surface area (Å²) in [4.78, 5) is 29.2. The minimum absolute atomic E-state index is 0.0220. The first-order valence-electron chi connectivity index (χ1n) is 8.24. The predicted octanol–water partition coefficient (Wildman–Crippen LogP) is 3.44. The Hall–Kier alpha value is -3.13. The number of thioether (sulfide) groups is 1. The van der Waals surface area contributed by atoms with Gasteiger partial charge in [0.05, 0.1) is 17.2 Å². The summed E-state index contributed by atoms with van der Waals surface area (Å²) in [6.07, 6.45) is 0.595. The van der Waals surface area contributed by atoms with Gasteiger partial charge in [-0.05, 0) is 17.7 Å². The lowest BCUT2D eigenvalue weighted by Crippen LogP contribution is -2.11. The van der Waals surface area contributed by atoms with Crippen LogP contribution in [0.15, 0.2) is 70.6 Å². The van der Waals surface area contributed by atoms with E-state index in [0.29, 0.717) is 35.4 Å². The molecule has 0 unspecified atom stereocenters. The number of aromatic nitrogens is 2. The summed E-state index contributed by atoms with van der Waals surface area (Å²) in [6, 6.07) is 17.3. The number of aromatic amines is 1. The van der Waals surface area contributed by atoms with Crippen LogP contribution in [0.1, 0.15) is 11.3 Å². The summed E-state index contributed by atoms with van der Waals surface area (Å²) in [7, 11) is 0. The average molecular weight is 383 g/mol. The zero-order valence-corrected chi connectivity index (χ0v) is 15.1. The monoisotopic (exact) mass is 383 g/mol. The highest BCUT2D eigenvalue weighted by molar-refractivity contribution is 7.99. The molecule has 2 aromatic carbocycles. The fraction of sp³-hybridized carbons (Fsp3) is 0.158. The van der Waals surface area contributed by atoms with Gasteiger partial charge in [-0.25, -0.2) is 4.98 Å². The van der Waals surface area contributed by atoms with Crippen molar-refractivity contribution < 1.29 is 9.66 Å². The van der Waals surface area contributed by atoms with Crippen molar-refractivity contribution in [1.82, 2.24) is 9.97 Å². The van der Waals surface area contributed by atoms with E-state index in [2.05, 4.69) is 9.97 Å². The summed E-state index contributed by atoms with van der Waals surface area (Å²) < 4.78 is 5.56. The quantitative estimate of drug-likeness (QED) is 0.210. The molecule has 8 heteroatoms. The molecular formula is C19H17N3O4S. The van der Waals surface area contributed by atoms with Gasteiger partial charge in [0.2, 0.25) is 0 Å². The largest absolute Gasteiger partial charge is 0.493 e. The molecule has 0 fully saturated rings. The summed E-state index contributed by atoms with van der Waals surface area (Å²) in [5, 5.41) is 11.2. The van der Waals surface area contributed by atoms with Gasteiger partial charge in [0.1, 0.15) is 5.75 Å². The maximum Gasteiger partial charge on any atom is 0.269 e. The minimum atomic E-state index is -0.454. The van der Waals surface area contributed by atoms with Crippen LogP contribution < -0.4 is 10.3 Å². The van der Waals surface area contributed by atoms with E-state index in [9.17, 15) is 14.9 Å². The first-order valence-corrected chi connectivity index (χ1v) is 9.23. The Bertz CT molecular complexity index is 959. The van der Waals surface area contributed by atoms with E-state index in [1.165, 1.54) is 30.0 Å². The number of rotatable bonds is 8. The lowest BCUT2D eigenvalue weighted by molar-refractivity contribution is -0.384. The van der Waals surface area contributed by atoms with E-state index in [4.69, 9.17) is 4.74 Å². The Morgan fingerprint density at radius 3 is 2.56 bits per heavy atom. The molecule has 0 bridgehead atoms. The molecule has 27 heavy (non-hydrogen) atoms. The van der Waals surface area contributed by atoms with Gasteiger partial charge >= 0.3 is 0 Å². The Balaban J connectivity index is 1.53. The molecule has 0 amide bonds. The third kappa shape index (κ3) is 5.68. The van der Waals surface area contributed by atoms with Gasteiger partial charge in [0, 0.05) is 30.4 Å². The van der Waals surface area contributed by atoms with E-state index in [-0.39, 0.29) is 11.2 Å². The maximum atomic E-state index is 11.8. The molecule has 0 saturated carbocycles. The molecule has 1 heterocycles. The first kappa shape index (κ1) is 18.7. The normalized spacial score (nSPS) is 10.5. The van der Waals surface area contributed by atoms with Crippen LogP contribution in [0.4, 0.5) is 5.69 Å². The smallest absolute Gasteiger partial charge is 0.269 e. The second-order valence-electron chi connectivity index (χ2n) is 5.65. The van der Waals surface area contributed by atoms with Gasteiger partial charge in [0.25, 0.3) is 11.2 Å². The van der Waals surface area contributed by atoms with Crippen LogP contribution in [0.2, 0.25) is 0 Å². The highest BCUT2D eigenvalue weighted by Gasteiger charge is 2.06. The number of hydrogen-bond donors (Lipinski definition) is 1. The van der Waals surface area contributed by atoms with Gasteiger partial charge in [-0.1, -0.05) is 42.1 Å². The van der Waals surface area contributed by atoms with E-state index < -0.39 is 4.92 Å². The SMILES string of the molecule is O=c1cc(Cc2ccccc2)nc(SCCOc2ccc([N+](=O)[O-])cc2)[nH]1. The number of nitro groups is 1. The van der Waals surface area contributed by atoms with Crippen molar-refractivity contribution in [1.29, 1.82) is 0 Å². The topological polar surface area (TPSA) is 98.1 Å². The van der Waals surface area contributed by atoms with Gasteiger partial charge in [-0.2, -0.15) is 0 Å². The Labute approximate surface area is 159 Å². The van der Waals surface area contributed by atoms with Crippen LogP contribution in [0.3, 0.4) is 0 Å². The highest BCUT2D eigenvalue weighted by Crippen LogP contribution is 2.18. The lowest BCUT2D eigenvalue weighted by Gasteiger charge is -2.06. The molecule has 138 valence electrons. The summed E-state index contributed by atoms with van der Waals surface area (Å²) in [6.45, 7) is 0.384. The van der Waals surface area contributed by atoms with Crippen molar-refractivity contribution in [2.45, 2.75) is 11.6 Å². The number of nitrogens with zero attached hydrogens (tertiary/aromatic N) is 2. The number of benzene rings is 2. The van der Waals surface area contributed by atoms with Crippen LogP contribution in [0, 0.1) is 10.1 Å². The average Bonchev–Trinajstić information content (AvgIpc) is 2.66. The number of non-ortho nitro benzene ring substituents is 1. The van der Waals surface area contributed by atoms with Crippen molar-refractivity contribution in [3.63, 3.8) is 0 Å².